The van der Waals surface area contributed by atoms with E-state index in [1.165, 1.54) is 0 Å². The van der Waals surface area contributed by atoms with Gasteiger partial charge in [0.2, 0.25) is 0 Å². The van der Waals surface area contributed by atoms with Gasteiger partial charge < -0.3 is 24.4 Å². The number of methoxy groups -OCH3 is 2. The van der Waals surface area contributed by atoms with Gasteiger partial charge in [0, 0.05) is 29.8 Å². The number of likely N-dealkylation sites (tertiary alicyclic amines) is 1. The standard InChI is InChI=1S/C25H32N2O5/c1-17-7-5-8-18(2)27(17)23(28)16-32-21-13-11-19(12-14-21)25(29)26-15-20-9-6-10-22(30-3)24(20)31-4/h6,9-14,17-18H,5,7-8,15-16H2,1-4H3,(H,26,29). The number of rotatable bonds is 8. The van der Waals surface area contributed by atoms with Gasteiger partial charge in [0.25, 0.3) is 11.8 Å². The third-order valence-corrected chi connectivity index (χ3v) is 5.88. The van der Waals surface area contributed by atoms with Gasteiger partial charge in [-0.25, -0.2) is 0 Å². The van der Waals surface area contributed by atoms with Gasteiger partial charge in [-0.2, -0.15) is 0 Å². The van der Waals surface area contributed by atoms with Crippen LogP contribution in [0, 0.1) is 0 Å². The van der Waals surface area contributed by atoms with Crippen LogP contribution >= 0.6 is 0 Å². The molecule has 3 rings (SSSR count). The molecule has 0 saturated carbocycles. The van der Waals surface area contributed by atoms with E-state index in [1.54, 1.807) is 44.6 Å². The number of hydrogen-bond donors (Lipinski definition) is 1. The summed E-state index contributed by atoms with van der Waals surface area (Å²) in [5.41, 5.74) is 1.32. The Balaban J connectivity index is 1.54. The summed E-state index contributed by atoms with van der Waals surface area (Å²) in [7, 11) is 3.14. The number of para-hydroxylation sites is 1. The number of carbonyl (C=O) groups is 2. The van der Waals surface area contributed by atoms with Crippen molar-refractivity contribution in [1.29, 1.82) is 0 Å². The van der Waals surface area contributed by atoms with Crippen molar-refractivity contribution in [2.75, 3.05) is 20.8 Å². The summed E-state index contributed by atoms with van der Waals surface area (Å²) in [6.45, 7) is 4.47. The van der Waals surface area contributed by atoms with Crippen LogP contribution < -0.4 is 19.5 Å². The molecule has 172 valence electrons. The average molecular weight is 441 g/mol. The molecule has 2 amide bonds. The number of amides is 2. The van der Waals surface area contributed by atoms with E-state index in [1.807, 2.05) is 17.0 Å². The van der Waals surface area contributed by atoms with Crippen LogP contribution in [0.2, 0.25) is 0 Å². The molecule has 2 unspecified atom stereocenters. The number of nitrogens with zero attached hydrogens (tertiary/aromatic N) is 1. The molecule has 1 N–H and O–H groups in total. The van der Waals surface area contributed by atoms with E-state index in [-0.39, 0.29) is 30.5 Å². The molecule has 1 aliphatic heterocycles. The fraction of sp³-hybridized carbons (Fsp3) is 0.440. The molecule has 2 aromatic rings. The van der Waals surface area contributed by atoms with Crippen LogP contribution in [0.5, 0.6) is 17.2 Å². The summed E-state index contributed by atoms with van der Waals surface area (Å²) in [6, 6.07) is 12.8. The maximum atomic E-state index is 12.6. The van der Waals surface area contributed by atoms with E-state index in [4.69, 9.17) is 14.2 Å². The molecule has 0 spiro atoms. The summed E-state index contributed by atoms with van der Waals surface area (Å²) in [5, 5.41) is 2.89. The summed E-state index contributed by atoms with van der Waals surface area (Å²) in [4.78, 5) is 27.1. The van der Waals surface area contributed by atoms with Crippen LogP contribution in [0.25, 0.3) is 0 Å². The molecular weight excluding hydrogens is 408 g/mol. The fourth-order valence-corrected chi connectivity index (χ4v) is 4.21. The second-order valence-electron chi connectivity index (χ2n) is 8.08. The van der Waals surface area contributed by atoms with Gasteiger partial charge in [-0.3, -0.25) is 9.59 Å². The van der Waals surface area contributed by atoms with Crippen molar-refractivity contribution < 1.29 is 23.8 Å². The van der Waals surface area contributed by atoms with Crippen molar-refractivity contribution >= 4 is 11.8 Å². The molecule has 1 fully saturated rings. The van der Waals surface area contributed by atoms with Crippen LogP contribution in [0.15, 0.2) is 42.5 Å². The molecule has 0 radical (unpaired) electrons. The molecule has 0 bridgehead atoms. The smallest absolute Gasteiger partial charge is 0.260 e. The minimum Gasteiger partial charge on any atom is -0.493 e. The van der Waals surface area contributed by atoms with Crippen LogP contribution in [0.1, 0.15) is 49.0 Å². The first kappa shape index (κ1) is 23.4. The van der Waals surface area contributed by atoms with Gasteiger partial charge in [0.15, 0.2) is 18.1 Å². The van der Waals surface area contributed by atoms with Gasteiger partial charge in [0.05, 0.1) is 14.2 Å². The lowest BCUT2D eigenvalue weighted by Gasteiger charge is -2.38. The molecule has 2 atom stereocenters. The summed E-state index contributed by atoms with van der Waals surface area (Å²) < 4.78 is 16.4. The maximum absolute atomic E-state index is 12.6. The van der Waals surface area contributed by atoms with E-state index >= 15 is 0 Å². The van der Waals surface area contributed by atoms with Crippen LogP contribution in [-0.4, -0.2) is 49.6 Å². The molecule has 1 saturated heterocycles. The van der Waals surface area contributed by atoms with Crippen molar-refractivity contribution in [3.8, 4) is 17.2 Å². The zero-order chi connectivity index (χ0) is 23.1. The molecule has 1 heterocycles. The van der Waals surface area contributed by atoms with Crippen LogP contribution in [0.4, 0.5) is 0 Å². The first-order valence-electron chi connectivity index (χ1n) is 11.0. The van der Waals surface area contributed by atoms with Crippen LogP contribution in [-0.2, 0) is 11.3 Å². The van der Waals surface area contributed by atoms with Gasteiger partial charge in [-0.15, -0.1) is 0 Å². The number of benzene rings is 2. The van der Waals surface area contributed by atoms with Crippen molar-refractivity contribution in [3.05, 3.63) is 53.6 Å². The fourth-order valence-electron chi connectivity index (χ4n) is 4.21. The number of ether oxygens (including phenoxy) is 3. The van der Waals surface area contributed by atoms with Gasteiger partial charge in [-0.1, -0.05) is 12.1 Å². The molecule has 0 aliphatic carbocycles. The number of nitrogens with one attached hydrogen (secondary N) is 1. The summed E-state index contributed by atoms with van der Waals surface area (Å²) in [6.07, 6.45) is 3.21. The van der Waals surface area contributed by atoms with Crippen molar-refractivity contribution in [2.45, 2.75) is 51.7 Å². The zero-order valence-corrected chi connectivity index (χ0v) is 19.2. The van der Waals surface area contributed by atoms with Gasteiger partial charge in [0.1, 0.15) is 5.75 Å². The number of carbonyl (C=O) groups excluding carboxylic acids is 2. The van der Waals surface area contributed by atoms with E-state index in [2.05, 4.69) is 19.2 Å². The van der Waals surface area contributed by atoms with Crippen LogP contribution in [0.3, 0.4) is 0 Å². The molecule has 32 heavy (non-hydrogen) atoms. The predicted octanol–water partition coefficient (Wildman–Crippen LogP) is 3.80. The highest BCUT2D eigenvalue weighted by Crippen LogP contribution is 2.30. The molecular formula is C25H32N2O5. The summed E-state index contributed by atoms with van der Waals surface area (Å²) >= 11 is 0. The average Bonchev–Trinajstić information content (AvgIpc) is 2.81. The van der Waals surface area contributed by atoms with Crippen molar-refractivity contribution in [3.63, 3.8) is 0 Å². The third kappa shape index (κ3) is 5.52. The largest absolute Gasteiger partial charge is 0.493 e. The quantitative estimate of drug-likeness (QED) is 0.676. The Morgan fingerprint density at radius 3 is 2.31 bits per heavy atom. The number of piperidine rings is 1. The lowest BCUT2D eigenvalue weighted by molar-refractivity contribution is -0.139. The minimum absolute atomic E-state index is 0.00115. The lowest BCUT2D eigenvalue weighted by atomic mass is 9.97. The highest BCUT2D eigenvalue weighted by atomic mass is 16.5. The third-order valence-electron chi connectivity index (χ3n) is 5.88. The van der Waals surface area contributed by atoms with E-state index in [0.29, 0.717) is 29.4 Å². The molecule has 0 aromatic heterocycles. The second-order valence-corrected chi connectivity index (χ2v) is 8.08. The predicted molar refractivity (Wildman–Crippen MR) is 122 cm³/mol. The Kier molecular flexibility index (Phi) is 7.98. The molecule has 1 aliphatic rings. The Hall–Kier alpha value is -3.22. The topological polar surface area (TPSA) is 77.1 Å². The zero-order valence-electron chi connectivity index (χ0n) is 19.2. The Labute approximate surface area is 189 Å². The summed E-state index contributed by atoms with van der Waals surface area (Å²) in [5.74, 6) is 1.55. The first-order chi connectivity index (χ1) is 15.4. The Bertz CT molecular complexity index is 918. The lowest BCUT2D eigenvalue weighted by Crippen LogP contribution is -2.49. The molecule has 7 heteroatoms. The number of hydrogen-bond acceptors (Lipinski definition) is 5. The first-order valence-corrected chi connectivity index (χ1v) is 11.0. The van der Waals surface area contributed by atoms with Crippen molar-refractivity contribution in [1.82, 2.24) is 10.2 Å². The monoisotopic (exact) mass is 440 g/mol. The van der Waals surface area contributed by atoms with E-state index in [0.717, 1.165) is 24.8 Å². The van der Waals surface area contributed by atoms with Gasteiger partial charge >= 0.3 is 0 Å². The molecule has 7 nitrogen and oxygen atoms in total. The van der Waals surface area contributed by atoms with E-state index < -0.39 is 0 Å². The highest BCUT2D eigenvalue weighted by Gasteiger charge is 2.29. The highest BCUT2D eigenvalue weighted by molar-refractivity contribution is 5.94. The van der Waals surface area contributed by atoms with E-state index in [9.17, 15) is 9.59 Å². The SMILES string of the molecule is COc1cccc(CNC(=O)c2ccc(OCC(=O)N3C(C)CCCC3C)cc2)c1OC. The maximum Gasteiger partial charge on any atom is 0.260 e. The Morgan fingerprint density at radius 2 is 1.69 bits per heavy atom. The normalized spacial score (nSPS) is 18.1. The van der Waals surface area contributed by atoms with Crippen molar-refractivity contribution in [2.24, 2.45) is 0 Å². The molecule has 2 aromatic carbocycles. The minimum atomic E-state index is -0.214. The Morgan fingerprint density at radius 1 is 1.00 bits per heavy atom. The second kappa shape index (κ2) is 10.9. The van der Waals surface area contributed by atoms with Gasteiger partial charge in [-0.05, 0) is 63.4 Å².